The maximum absolute atomic E-state index is 13.4. The highest BCUT2D eigenvalue weighted by Gasteiger charge is 2.66. The van der Waals surface area contributed by atoms with E-state index in [-0.39, 0.29) is 36.1 Å². The molecule has 0 saturated carbocycles. The van der Waals surface area contributed by atoms with Gasteiger partial charge in [-0.3, -0.25) is 9.59 Å². The second kappa shape index (κ2) is 7.77. The van der Waals surface area contributed by atoms with Gasteiger partial charge in [0.15, 0.2) is 0 Å². The summed E-state index contributed by atoms with van der Waals surface area (Å²) in [5.74, 6) is -0.0371. The standard InChI is InChI=1S/C24H22N4O5/c1-27-17-12-8-7-11-16(17)24(15-9-5-4-6-10-15)21(22(30)28(24)14-20(27)29)33-23-25-18(31-2)13-19(26-23)32-3/h4-13,21H,14H2,1-3H3/t21-,24+/m1/s1. The zero-order valence-electron chi connectivity index (χ0n) is 18.4. The van der Waals surface area contributed by atoms with Crippen LogP contribution in [0, 0.1) is 0 Å². The van der Waals surface area contributed by atoms with E-state index in [0.29, 0.717) is 5.69 Å². The summed E-state index contributed by atoms with van der Waals surface area (Å²) < 4.78 is 16.6. The van der Waals surface area contributed by atoms with Crippen molar-refractivity contribution in [3.63, 3.8) is 0 Å². The lowest BCUT2D eigenvalue weighted by Gasteiger charge is -2.55. The number of hydrogen-bond acceptors (Lipinski definition) is 7. The van der Waals surface area contributed by atoms with Crippen LogP contribution in [-0.2, 0) is 15.1 Å². The molecule has 9 nitrogen and oxygen atoms in total. The van der Waals surface area contributed by atoms with E-state index >= 15 is 0 Å². The molecule has 168 valence electrons. The van der Waals surface area contributed by atoms with Crippen molar-refractivity contribution in [1.29, 1.82) is 0 Å². The number of rotatable bonds is 5. The van der Waals surface area contributed by atoms with Gasteiger partial charge in [0.05, 0.1) is 20.3 Å². The second-order valence-corrected chi connectivity index (χ2v) is 7.76. The van der Waals surface area contributed by atoms with Crippen LogP contribution in [0.15, 0.2) is 60.7 Å². The van der Waals surface area contributed by atoms with E-state index in [9.17, 15) is 9.59 Å². The summed E-state index contributed by atoms with van der Waals surface area (Å²) in [4.78, 5) is 38.0. The molecular formula is C24H22N4O5. The summed E-state index contributed by atoms with van der Waals surface area (Å²) in [6, 6.07) is 18.5. The molecule has 0 radical (unpaired) electrons. The van der Waals surface area contributed by atoms with E-state index in [0.717, 1.165) is 11.1 Å². The van der Waals surface area contributed by atoms with Crippen LogP contribution in [0.2, 0.25) is 0 Å². The largest absolute Gasteiger partial charge is 0.481 e. The predicted molar refractivity (Wildman–Crippen MR) is 118 cm³/mol. The zero-order valence-corrected chi connectivity index (χ0v) is 18.4. The van der Waals surface area contributed by atoms with E-state index in [1.54, 1.807) is 16.8 Å². The molecule has 2 aromatic carbocycles. The third-order valence-electron chi connectivity index (χ3n) is 6.15. The number of carbonyl (C=O) groups is 2. The molecule has 2 amide bonds. The molecule has 2 aliphatic rings. The maximum atomic E-state index is 13.4. The van der Waals surface area contributed by atoms with Crippen LogP contribution in [0.1, 0.15) is 11.1 Å². The minimum absolute atomic E-state index is 0.0547. The fraction of sp³-hybridized carbons (Fsp3) is 0.250. The maximum Gasteiger partial charge on any atom is 0.323 e. The minimum Gasteiger partial charge on any atom is -0.481 e. The number of fused-ring (bicyclic) bond motifs is 3. The van der Waals surface area contributed by atoms with Crippen molar-refractivity contribution in [3.05, 3.63) is 71.8 Å². The van der Waals surface area contributed by atoms with Crippen LogP contribution in [0.5, 0.6) is 17.8 Å². The normalized spacial score (nSPS) is 21.5. The lowest BCUT2D eigenvalue weighted by atomic mass is 9.69. The number of nitrogens with zero attached hydrogens (tertiary/aromatic N) is 4. The van der Waals surface area contributed by atoms with Gasteiger partial charge in [0.25, 0.3) is 5.91 Å². The third kappa shape index (κ3) is 3.00. The summed E-state index contributed by atoms with van der Waals surface area (Å²) in [6.07, 6.45) is -1.00. The monoisotopic (exact) mass is 446 g/mol. The van der Waals surface area contributed by atoms with Gasteiger partial charge >= 0.3 is 6.01 Å². The Morgan fingerprint density at radius 2 is 1.58 bits per heavy atom. The third-order valence-corrected chi connectivity index (χ3v) is 6.15. The molecule has 2 atom stereocenters. The van der Waals surface area contributed by atoms with Crippen molar-refractivity contribution < 1.29 is 23.8 Å². The first-order chi connectivity index (χ1) is 16.0. The Kier molecular flexibility index (Phi) is 4.88. The first-order valence-electron chi connectivity index (χ1n) is 10.4. The van der Waals surface area contributed by atoms with Gasteiger partial charge in [-0.05, 0) is 11.6 Å². The van der Waals surface area contributed by atoms with Crippen molar-refractivity contribution >= 4 is 17.5 Å². The second-order valence-electron chi connectivity index (χ2n) is 7.76. The number of amides is 2. The van der Waals surface area contributed by atoms with Gasteiger partial charge in [-0.25, -0.2) is 0 Å². The van der Waals surface area contributed by atoms with Gasteiger partial charge in [0.2, 0.25) is 23.8 Å². The van der Waals surface area contributed by atoms with Gasteiger partial charge in [-0.15, -0.1) is 0 Å². The fourth-order valence-corrected chi connectivity index (χ4v) is 4.56. The van der Waals surface area contributed by atoms with Gasteiger partial charge < -0.3 is 24.0 Å². The van der Waals surface area contributed by atoms with Gasteiger partial charge in [-0.1, -0.05) is 48.5 Å². The SMILES string of the molecule is COc1cc(OC)nc(O[C@@H]2C(=O)N3CC(=O)N(C)c4ccccc4[C@@]23c2ccccc2)n1. The van der Waals surface area contributed by atoms with Crippen molar-refractivity contribution in [3.8, 4) is 17.8 Å². The quantitative estimate of drug-likeness (QED) is 0.554. The molecule has 9 heteroatoms. The summed E-state index contributed by atoms with van der Waals surface area (Å²) in [5.41, 5.74) is 1.26. The van der Waals surface area contributed by atoms with Gasteiger partial charge in [0.1, 0.15) is 12.1 Å². The molecule has 2 aliphatic heterocycles. The zero-order chi connectivity index (χ0) is 23.2. The smallest absolute Gasteiger partial charge is 0.323 e. The molecule has 0 bridgehead atoms. The molecule has 1 fully saturated rings. The first kappa shape index (κ1) is 20.7. The number of benzene rings is 2. The molecule has 1 aromatic heterocycles. The van der Waals surface area contributed by atoms with Crippen LogP contribution < -0.4 is 19.1 Å². The Morgan fingerprint density at radius 3 is 2.24 bits per heavy atom. The Morgan fingerprint density at radius 1 is 0.939 bits per heavy atom. The lowest BCUT2D eigenvalue weighted by Crippen LogP contribution is -2.74. The number of aromatic nitrogens is 2. The lowest BCUT2D eigenvalue weighted by molar-refractivity contribution is -0.178. The number of anilines is 1. The molecule has 5 rings (SSSR count). The first-order valence-corrected chi connectivity index (χ1v) is 10.4. The fourth-order valence-electron chi connectivity index (χ4n) is 4.56. The molecule has 1 saturated heterocycles. The van der Waals surface area contributed by atoms with Gasteiger partial charge in [-0.2, -0.15) is 9.97 Å². The van der Waals surface area contributed by atoms with Crippen molar-refractivity contribution in [2.24, 2.45) is 0 Å². The Bertz CT molecular complexity index is 1210. The summed E-state index contributed by atoms with van der Waals surface area (Å²) >= 11 is 0. The average Bonchev–Trinajstić information content (AvgIpc) is 2.95. The highest BCUT2D eigenvalue weighted by molar-refractivity contribution is 6.04. The highest BCUT2D eigenvalue weighted by atomic mass is 16.5. The number of carbonyl (C=O) groups excluding carboxylic acids is 2. The molecule has 0 unspecified atom stereocenters. The van der Waals surface area contributed by atoms with E-state index in [2.05, 4.69) is 9.97 Å². The van der Waals surface area contributed by atoms with Crippen LogP contribution in [0.3, 0.4) is 0 Å². The average molecular weight is 446 g/mol. The predicted octanol–water partition coefficient (Wildman–Crippen LogP) is 2.00. The Labute approximate surface area is 190 Å². The molecular weight excluding hydrogens is 424 g/mol. The van der Waals surface area contributed by atoms with Gasteiger partial charge in [0, 0.05) is 18.3 Å². The number of likely N-dealkylation sites (N-methyl/N-ethyl adjacent to an activating group) is 1. The molecule has 0 N–H and O–H groups in total. The highest BCUT2D eigenvalue weighted by Crippen LogP contribution is 2.52. The Hall–Kier alpha value is -4.14. The topological polar surface area (TPSA) is 94.1 Å². The van der Waals surface area contributed by atoms with E-state index in [1.807, 2.05) is 54.6 Å². The van der Waals surface area contributed by atoms with Crippen molar-refractivity contribution in [1.82, 2.24) is 14.9 Å². The molecule has 3 aromatic rings. The number of methoxy groups -OCH3 is 2. The number of ether oxygens (including phenoxy) is 3. The van der Waals surface area contributed by atoms with Crippen molar-refractivity contribution in [2.75, 3.05) is 32.7 Å². The molecule has 0 aliphatic carbocycles. The minimum atomic E-state index is -1.05. The summed E-state index contributed by atoms with van der Waals surface area (Å²) in [7, 11) is 4.65. The molecule has 33 heavy (non-hydrogen) atoms. The number of hydrogen-bond donors (Lipinski definition) is 0. The van der Waals surface area contributed by atoms with E-state index < -0.39 is 11.6 Å². The number of β-lactam (4-membered cyclic amide) rings is 1. The van der Waals surface area contributed by atoms with Crippen LogP contribution in [0.4, 0.5) is 5.69 Å². The van der Waals surface area contributed by atoms with Crippen molar-refractivity contribution in [2.45, 2.75) is 11.6 Å². The summed E-state index contributed by atoms with van der Waals surface area (Å²) in [6.45, 7) is -0.0823. The Balaban J connectivity index is 1.71. The van der Waals surface area contributed by atoms with Crippen LogP contribution in [0.25, 0.3) is 0 Å². The number of para-hydroxylation sites is 1. The summed E-state index contributed by atoms with van der Waals surface area (Å²) in [5, 5.41) is 0. The molecule has 0 spiro atoms. The molecule has 3 heterocycles. The van der Waals surface area contributed by atoms with Crippen LogP contribution >= 0.6 is 0 Å². The van der Waals surface area contributed by atoms with E-state index in [1.165, 1.54) is 20.3 Å². The van der Waals surface area contributed by atoms with E-state index in [4.69, 9.17) is 14.2 Å². The van der Waals surface area contributed by atoms with Crippen LogP contribution in [-0.4, -0.2) is 60.6 Å².